The Hall–Kier alpha value is -2.95. The third-order valence-corrected chi connectivity index (χ3v) is 3.07. The molecule has 2 aromatic carbocycles. The number of phenols is 1. The van der Waals surface area contributed by atoms with Crippen LogP contribution in [0.4, 0.5) is 5.69 Å². The molecule has 0 atom stereocenters. The fraction of sp³-hybridized carbons (Fsp3) is 0.0625. The minimum atomic E-state index is 0.244. The number of rotatable bonds is 4. The average Bonchev–Trinajstić information content (AvgIpc) is 2.93. The van der Waals surface area contributed by atoms with Crippen LogP contribution in [0.15, 0.2) is 59.3 Å². The van der Waals surface area contributed by atoms with E-state index < -0.39 is 0 Å². The fourth-order valence-electron chi connectivity index (χ4n) is 1.93. The van der Waals surface area contributed by atoms with Gasteiger partial charge in [-0.3, -0.25) is 0 Å². The zero-order valence-corrected chi connectivity index (χ0v) is 11.2. The van der Waals surface area contributed by atoms with Gasteiger partial charge in [0.05, 0.1) is 0 Å². The van der Waals surface area contributed by atoms with Gasteiger partial charge in [-0.15, -0.1) is 0 Å². The zero-order chi connectivity index (χ0) is 14.7. The number of nitrogens with zero attached hydrogens (tertiary/aromatic N) is 1. The van der Waals surface area contributed by atoms with Crippen molar-refractivity contribution in [1.29, 1.82) is 0 Å². The highest BCUT2D eigenvalue weighted by Gasteiger charge is 2.07. The number of anilines is 1. The summed E-state index contributed by atoms with van der Waals surface area (Å²) in [5, 5.41) is 13.1. The van der Waals surface area contributed by atoms with Crippen molar-refractivity contribution in [2.24, 2.45) is 0 Å². The molecule has 0 fully saturated rings. The molecule has 0 radical (unpaired) electrons. The highest BCUT2D eigenvalue weighted by atomic mass is 16.5. The Kier molecular flexibility index (Phi) is 3.47. The summed E-state index contributed by atoms with van der Waals surface area (Å²) in [7, 11) is 0. The Balaban J connectivity index is 1.67. The van der Waals surface area contributed by atoms with Gasteiger partial charge in [-0.2, -0.15) is 0 Å². The van der Waals surface area contributed by atoms with E-state index in [4.69, 9.17) is 15.0 Å². The van der Waals surface area contributed by atoms with E-state index in [1.807, 2.05) is 36.4 Å². The van der Waals surface area contributed by atoms with Crippen LogP contribution in [0.5, 0.6) is 11.5 Å². The highest BCUT2D eigenvalue weighted by molar-refractivity contribution is 5.71. The van der Waals surface area contributed by atoms with E-state index in [1.165, 1.54) is 6.26 Å². The first-order valence-corrected chi connectivity index (χ1v) is 6.43. The summed E-state index contributed by atoms with van der Waals surface area (Å²) in [4.78, 5) is 0. The van der Waals surface area contributed by atoms with Crippen molar-refractivity contribution in [3.8, 4) is 22.8 Å². The quantitative estimate of drug-likeness (QED) is 0.768. The minimum Gasteiger partial charge on any atom is -0.508 e. The van der Waals surface area contributed by atoms with E-state index in [2.05, 4.69) is 5.16 Å². The van der Waals surface area contributed by atoms with Gasteiger partial charge >= 0.3 is 0 Å². The van der Waals surface area contributed by atoms with Crippen LogP contribution in [0.1, 0.15) is 5.56 Å². The molecule has 0 amide bonds. The minimum absolute atomic E-state index is 0.244. The lowest BCUT2D eigenvalue weighted by Crippen LogP contribution is -1.95. The van der Waals surface area contributed by atoms with Gasteiger partial charge in [0.1, 0.15) is 35.8 Å². The molecular weight excluding hydrogens is 268 g/mol. The average molecular weight is 282 g/mol. The molecule has 0 aliphatic rings. The van der Waals surface area contributed by atoms with E-state index in [9.17, 15) is 5.11 Å². The Morgan fingerprint density at radius 3 is 2.38 bits per heavy atom. The van der Waals surface area contributed by atoms with E-state index in [-0.39, 0.29) is 5.75 Å². The van der Waals surface area contributed by atoms with Gasteiger partial charge in [0.15, 0.2) is 0 Å². The van der Waals surface area contributed by atoms with Gasteiger partial charge in [-0.1, -0.05) is 17.3 Å². The van der Waals surface area contributed by atoms with Crippen LogP contribution in [-0.2, 0) is 6.61 Å². The number of aromatic nitrogens is 1. The molecule has 0 unspecified atom stereocenters. The van der Waals surface area contributed by atoms with Crippen molar-refractivity contribution in [3.05, 3.63) is 60.4 Å². The van der Waals surface area contributed by atoms with E-state index in [0.29, 0.717) is 18.0 Å². The number of nitrogens with two attached hydrogens (primary N) is 1. The SMILES string of the molecule is Nc1conc1-c1ccc(OCc2ccc(O)cc2)cc1. The van der Waals surface area contributed by atoms with Crippen molar-refractivity contribution in [1.82, 2.24) is 5.16 Å². The van der Waals surface area contributed by atoms with Crippen molar-refractivity contribution < 1.29 is 14.4 Å². The predicted molar refractivity (Wildman–Crippen MR) is 78.8 cm³/mol. The number of benzene rings is 2. The third-order valence-electron chi connectivity index (χ3n) is 3.07. The molecule has 21 heavy (non-hydrogen) atoms. The lowest BCUT2D eigenvalue weighted by Gasteiger charge is -2.07. The maximum Gasteiger partial charge on any atom is 0.147 e. The van der Waals surface area contributed by atoms with Gasteiger partial charge < -0.3 is 20.1 Å². The summed E-state index contributed by atoms with van der Waals surface area (Å²) >= 11 is 0. The topological polar surface area (TPSA) is 81.5 Å². The smallest absolute Gasteiger partial charge is 0.147 e. The molecule has 3 N–H and O–H groups in total. The Bertz CT molecular complexity index is 718. The van der Waals surface area contributed by atoms with Crippen LogP contribution in [0.25, 0.3) is 11.3 Å². The number of hydrogen-bond donors (Lipinski definition) is 2. The van der Waals surface area contributed by atoms with Crippen molar-refractivity contribution in [2.45, 2.75) is 6.61 Å². The van der Waals surface area contributed by atoms with Gasteiger partial charge in [0.25, 0.3) is 0 Å². The molecule has 1 aromatic heterocycles. The van der Waals surface area contributed by atoms with E-state index >= 15 is 0 Å². The second-order valence-electron chi connectivity index (χ2n) is 4.60. The zero-order valence-electron chi connectivity index (χ0n) is 11.2. The number of hydrogen-bond acceptors (Lipinski definition) is 5. The number of ether oxygens (including phenoxy) is 1. The van der Waals surface area contributed by atoms with E-state index in [0.717, 1.165) is 16.9 Å². The van der Waals surface area contributed by atoms with Gasteiger partial charge in [-0.05, 0) is 42.0 Å². The molecule has 1 heterocycles. The number of nitrogen functional groups attached to an aromatic ring is 1. The largest absolute Gasteiger partial charge is 0.508 e. The maximum absolute atomic E-state index is 9.22. The molecule has 3 rings (SSSR count). The first-order chi connectivity index (χ1) is 10.2. The molecule has 106 valence electrons. The van der Waals surface area contributed by atoms with Gasteiger partial charge in [0.2, 0.25) is 0 Å². The van der Waals surface area contributed by atoms with Crippen molar-refractivity contribution in [2.75, 3.05) is 5.73 Å². The molecule has 0 aliphatic carbocycles. The molecule has 5 nitrogen and oxygen atoms in total. The van der Waals surface area contributed by atoms with Crippen LogP contribution in [0.2, 0.25) is 0 Å². The monoisotopic (exact) mass is 282 g/mol. The molecule has 0 saturated heterocycles. The predicted octanol–water partition coefficient (Wildman–Crippen LogP) is 3.21. The summed E-state index contributed by atoms with van der Waals surface area (Å²) in [6.07, 6.45) is 1.41. The molecule has 5 heteroatoms. The van der Waals surface area contributed by atoms with Crippen LogP contribution in [0.3, 0.4) is 0 Å². The summed E-state index contributed by atoms with van der Waals surface area (Å²) in [5.41, 5.74) is 8.74. The summed E-state index contributed by atoms with van der Waals surface area (Å²) in [6, 6.07) is 14.4. The molecule has 0 saturated carbocycles. The Morgan fingerprint density at radius 1 is 1.05 bits per heavy atom. The molecule has 3 aromatic rings. The standard InChI is InChI=1S/C16H14N2O3/c17-15-10-21-18-16(15)12-3-7-14(8-4-12)20-9-11-1-5-13(19)6-2-11/h1-8,10,19H,9,17H2. The summed E-state index contributed by atoms with van der Waals surface area (Å²) < 4.78 is 10.5. The number of aromatic hydroxyl groups is 1. The third kappa shape index (κ3) is 2.97. The maximum atomic E-state index is 9.22. The second-order valence-corrected chi connectivity index (χ2v) is 4.60. The van der Waals surface area contributed by atoms with E-state index in [1.54, 1.807) is 12.1 Å². The lowest BCUT2D eigenvalue weighted by atomic mass is 10.1. The lowest BCUT2D eigenvalue weighted by molar-refractivity contribution is 0.306. The van der Waals surface area contributed by atoms with Crippen molar-refractivity contribution >= 4 is 5.69 Å². The Morgan fingerprint density at radius 2 is 1.76 bits per heavy atom. The normalized spacial score (nSPS) is 10.5. The highest BCUT2D eigenvalue weighted by Crippen LogP contribution is 2.26. The van der Waals surface area contributed by atoms with Crippen molar-refractivity contribution in [3.63, 3.8) is 0 Å². The first kappa shape index (κ1) is 13.1. The van der Waals surface area contributed by atoms with Crippen LogP contribution in [-0.4, -0.2) is 10.3 Å². The van der Waals surface area contributed by atoms with Gasteiger partial charge in [-0.25, -0.2) is 0 Å². The van der Waals surface area contributed by atoms with Crippen LogP contribution in [0, 0.1) is 0 Å². The molecular formula is C16H14N2O3. The molecule has 0 spiro atoms. The molecule has 0 aliphatic heterocycles. The molecule has 0 bridgehead atoms. The first-order valence-electron chi connectivity index (χ1n) is 6.43. The fourth-order valence-corrected chi connectivity index (χ4v) is 1.93. The number of phenolic OH excluding ortho intramolecular Hbond substituents is 1. The second kappa shape index (κ2) is 5.58. The van der Waals surface area contributed by atoms with Crippen LogP contribution < -0.4 is 10.5 Å². The summed E-state index contributed by atoms with van der Waals surface area (Å²) in [6.45, 7) is 0.436. The Labute approximate surface area is 121 Å². The van der Waals surface area contributed by atoms with Crippen LogP contribution >= 0.6 is 0 Å². The van der Waals surface area contributed by atoms with Gasteiger partial charge in [0, 0.05) is 5.56 Å². The summed E-state index contributed by atoms with van der Waals surface area (Å²) in [5.74, 6) is 0.988.